The SMILES string of the molecule is CN(c1ccccc1)S(=O)(=O)c1cccc(NC(=O)CNC(=O)Cc2ccccc2)c1. The van der Waals surface area contributed by atoms with E-state index in [9.17, 15) is 18.0 Å². The van der Waals surface area contributed by atoms with Gasteiger partial charge in [-0.05, 0) is 35.9 Å². The smallest absolute Gasteiger partial charge is 0.264 e. The molecular weight excluding hydrogens is 414 g/mol. The fourth-order valence-corrected chi connectivity index (χ4v) is 4.14. The van der Waals surface area contributed by atoms with Crippen LogP contribution in [0.2, 0.25) is 0 Å². The molecule has 0 fully saturated rings. The first-order valence-corrected chi connectivity index (χ1v) is 11.0. The fourth-order valence-electron chi connectivity index (χ4n) is 2.90. The highest BCUT2D eigenvalue weighted by Gasteiger charge is 2.21. The zero-order valence-electron chi connectivity index (χ0n) is 17.0. The van der Waals surface area contributed by atoms with Crippen LogP contribution in [0.1, 0.15) is 5.56 Å². The molecule has 2 N–H and O–H groups in total. The number of benzene rings is 3. The molecule has 0 aliphatic heterocycles. The summed E-state index contributed by atoms with van der Waals surface area (Å²) in [5, 5.41) is 5.17. The van der Waals surface area contributed by atoms with E-state index in [1.54, 1.807) is 42.5 Å². The number of amides is 2. The molecule has 0 radical (unpaired) electrons. The molecule has 0 aromatic heterocycles. The number of hydrogen-bond donors (Lipinski definition) is 2. The second-order valence-corrected chi connectivity index (χ2v) is 8.79. The van der Waals surface area contributed by atoms with E-state index in [0.29, 0.717) is 11.4 Å². The minimum Gasteiger partial charge on any atom is -0.347 e. The van der Waals surface area contributed by atoms with Crippen molar-refractivity contribution >= 4 is 33.2 Å². The summed E-state index contributed by atoms with van der Waals surface area (Å²) in [7, 11) is -2.33. The van der Waals surface area contributed by atoms with Crippen molar-refractivity contribution < 1.29 is 18.0 Å². The van der Waals surface area contributed by atoms with Gasteiger partial charge in [-0.2, -0.15) is 0 Å². The van der Waals surface area contributed by atoms with Crippen molar-refractivity contribution in [3.8, 4) is 0 Å². The fraction of sp³-hybridized carbons (Fsp3) is 0.130. The molecule has 3 aromatic carbocycles. The van der Waals surface area contributed by atoms with Crippen molar-refractivity contribution in [3.63, 3.8) is 0 Å². The molecule has 0 unspecified atom stereocenters. The summed E-state index contributed by atoms with van der Waals surface area (Å²) >= 11 is 0. The summed E-state index contributed by atoms with van der Waals surface area (Å²) in [4.78, 5) is 24.2. The van der Waals surface area contributed by atoms with Crippen molar-refractivity contribution in [2.75, 3.05) is 23.2 Å². The summed E-state index contributed by atoms with van der Waals surface area (Å²) < 4.78 is 27.0. The highest BCUT2D eigenvalue weighted by molar-refractivity contribution is 7.92. The monoisotopic (exact) mass is 437 g/mol. The zero-order valence-corrected chi connectivity index (χ0v) is 17.8. The first-order chi connectivity index (χ1) is 14.9. The summed E-state index contributed by atoms with van der Waals surface area (Å²) in [6.45, 7) is -0.216. The Hall–Kier alpha value is -3.65. The first-order valence-electron chi connectivity index (χ1n) is 9.61. The van der Waals surface area contributed by atoms with Gasteiger partial charge in [-0.3, -0.25) is 13.9 Å². The van der Waals surface area contributed by atoms with Crippen LogP contribution in [-0.2, 0) is 26.0 Å². The number of nitrogens with one attached hydrogen (secondary N) is 2. The third-order valence-electron chi connectivity index (χ3n) is 4.55. The lowest BCUT2D eigenvalue weighted by molar-refractivity contribution is -0.123. The van der Waals surface area contributed by atoms with E-state index in [-0.39, 0.29) is 23.8 Å². The van der Waals surface area contributed by atoms with Crippen LogP contribution in [-0.4, -0.2) is 33.8 Å². The van der Waals surface area contributed by atoms with Crippen LogP contribution in [0.5, 0.6) is 0 Å². The molecule has 0 aliphatic carbocycles. The number of carbonyl (C=O) groups excluding carboxylic acids is 2. The number of sulfonamides is 1. The Morgan fingerprint density at radius 1 is 0.839 bits per heavy atom. The Morgan fingerprint density at radius 2 is 1.48 bits per heavy atom. The van der Waals surface area contributed by atoms with Crippen LogP contribution in [0.4, 0.5) is 11.4 Å². The molecule has 160 valence electrons. The average molecular weight is 438 g/mol. The Bertz CT molecular complexity index is 1150. The highest BCUT2D eigenvalue weighted by atomic mass is 32.2. The Labute approximate surface area is 181 Å². The van der Waals surface area contributed by atoms with Gasteiger partial charge in [-0.1, -0.05) is 54.6 Å². The maximum atomic E-state index is 12.9. The van der Waals surface area contributed by atoms with Gasteiger partial charge in [0, 0.05) is 12.7 Å². The molecule has 0 saturated heterocycles. The van der Waals surface area contributed by atoms with Crippen molar-refractivity contribution in [3.05, 3.63) is 90.5 Å². The standard InChI is InChI=1S/C23H23N3O4S/c1-26(20-12-6-3-7-13-20)31(29,30)21-14-8-11-19(16-21)25-23(28)17-24-22(27)15-18-9-4-2-5-10-18/h2-14,16H,15,17H2,1H3,(H,24,27)(H,25,28). The Balaban J connectivity index is 1.61. The maximum Gasteiger partial charge on any atom is 0.264 e. The van der Waals surface area contributed by atoms with Crippen LogP contribution < -0.4 is 14.9 Å². The van der Waals surface area contributed by atoms with Crippen molar-refractivity contribution in [1.29, 1.82) is 0 Å². The molecule has 3 rings (SSSR count). The van der Waals surface area contributed by atoms with E-state index in [1.807, 2.05) is 30.3 Å². The summed E-state index contributed by atoms with van der Waals surface area (Å²) in [6, 6.07) is 23.9. The number of carbonyl (C=O) groups is 2. The summed E-state index contributed by atoms with van der Waals surface area (Å²) in [5.41, 5.74) is 1.70. The predicted molar refractivity (Wildman–Crippen MR) is 120 cm³/mol. The van der Waals surface area contributed by atoms with Gasteiger partial charge < -0.3 is 10.6 Å². The van der Waals surface area contributed by atoms with E-state index in [1.165, 1.54) is 23.5 Å². The van der Waals surface area contributed by atoms with Gasteiger partial charge in [-0.15, -0.1) is 0 Å². The topological polar surface area (TPSA) is 95.6 Å². The molecule has 0 aliphatic rings. The molecule has 31 heavy (non-hydrogen) atoms. The minimum atomic E-state index is -3.80. The number of nitrogens with zero attached hydrogens (tertiary/aromatic N) is 1. The largest absolute Gasteiger partial charge is 0.347 e. The van der Waals surface area contributed by atoms with Crippen LogP contribution in [0.15, 0.2) is 89.8 Å². The molecule has 0 bridgehead atoms. The molecule has 3 aromatic rings. The lowest BCUT2D eigenvalue weighted by atomic mass is 10.1. The third kappa shape index (κ3) is 5.93. The van der Waals surface area contributed by atoms with Gasteiger partial charge in [-0.25, -0.2) is 8.42 Å². The molecule has 0 heterocycles. The number of para-hydroxylation sites is 1. The van der Waals surface area contributed by atoms with E-state index in [0.717, 1.165) is 5.56 Å². The van der Waals surface area contributed by atoms with E-state index < -0.39 is 15.9 Å². The van der Waals surface area contributed by atoms with E-state index >= 15 is 0 Å². The van der Waals surface area contributed by atoms with Crippen LogP contribution in [0.25, 0.3) is 0 Å². The quantitative estimate of drug-likeness (QED) is 0.566. The maximum absolute atomic E-state index is 12.9. The molecule has 8 heteroatoms. The number of hydrogen-bond acceptors (Lipinski definition) is 4. The lowest BCUT2D eigenvalue weighted by Crippen LogP contribution is -2.33. The Morgan fingerprint density at radius 3 is 2.16 bits per heavy atom. The molecular formula is C23H23N3O4S. The van der Waals surface area contributed by atoms with Crippen LogP contribution >= 0.6 is 0 Å². The molecule has 0 saturated carbocycles. The minimum absolute atomic E-state index is 0.0461. The predicted octanol–water partition coefficient (Wildman–Crippen LogP) is 2.81. The van der Waals surface area contributed by atoms with Gasteiger partial charge >= 0.3 is 0 Å². The van der Waals surface area contributed by atoms with Crippen molar-refractivity contribution in [2.24, 2.45) is 0 Å². The van der Waals surface area contributed by atoms with Gasteiger partial charge in [0.05, 0.1) is 23.5 Å². The number of rotatable bonds is 8. The summed E-state index contributed by atoms with van der Waals surface area (Å²) in [6.07, 6.45) is 0.174. The average Bonchev–Trinajstić information content (AvgIpc) is 2.78. The lowest BCUT2D eigenvalue weighted by Gasteiger charge is -2.20. The zero-order chi connectivity index (χ0) is 22.3. The van der Waals surface area contributed by atoms with Gasteiger partial charge in [0.1, 0.15) is 0 Å². The molecule has 0 spiro atoms. The third-order valence-corrected chi connectivity index (χ3v) is 6.33. The summed E-state index contributed by atoms with van der Waals surface area (Å²) in [5.74, 6) is -0.727. The van der Waals surface area contributed by atoms with Crippen molar-refractivity contribution in [2.45, 2.75) is 11.3 Å². The van der Waals surface area contributed by atoms with E-state index in [4.69, 9.17) is 0 Å². The second-order valence-electron chi connectivity index (χ2n) is 6.82. The highest BCUT2D eigenvalue weighted by Crippen LogP contribution is 2.23. The van der Waals surface area contributed by atoms with Gasteiger partial charge in [0.2, 0.25) is 11.8 Å². The van der Waals surface area contributed by atoms with E-state index in [2.05, 4.69) is 10.6 Å². The van der Waals surface area contributed by atoms with Crippen LogP contribution in [0, 0.1) is 0 Å². The molecule has 2 amide bonds. The van der Waals surface area contributed by atoms with Gasteiger partial charge in [0.15, 0.2) is 0 Å². The Kier molecular flexibility index (Phi) is 7.04. The molecule has 7 nitrogen and oxygen atoms in total. The molecule has 0 atom stereocenters. The van der Waals surface area contributed by atoms with Crippen molar-refractivity contribution in [1.82, 2.24) is 5.32 Å². The number of anilines is 2. The normalized spacial score (nSPS) is 10.9. The first kappa shape index (κ1) is 22.0. The van der Waals surface area contributed by atoms with Gasteiger partial charge in [0.25, 0.3) is 10.0 Å². The van der Waals surface area contributed by atoms with Crippen LogP contribution in [0.3, 0.4) is 0 Å². The second kappa shape index (κ2) is 9.90.